The second-order valence-electron chi connectivity index (χ2n) is 7.13. The Morgan fingerprint density at radius 3 is 2.62 bits per heavy atom. The lowest BCUT2D eigenvalue weighted by molar-refractivity contribution is -0.121. The first-order valence-electron chi connectivity index (χ1n) is 9.32. The summed E-state index contributed by atoms with van der Waals surface area (Å²) in [5.74, 6) is 0.111. The number of aryl methyl sites for hydroxylation is 1. The molecule has 0 unspecified atom stereocenters. The van der Waals surface area contributed by atoms with Crippen molar-refractivity contribution in [1.82, 2.24) is 10.2 Å². The van der Waals surface area contributed by atoms with Crippen LogP contribution in [-0.4, -0.2) is 36.1 Å². The van der Waals surface area contributed by atoms with Crippen LogP contribution in [0, 0.1) is 0 Å². The zero-order valence-electron chi connectivity index (χ0n) is 15.6. The Balaban J connectivity index is 1.52. The summed E-state index contributed by atoms with van der Waals surface area (Å²) in [5, 5.41) is 7.23. The number of carbonyl (C=O) groups is 1. The first-order chi connectivity index (χ1) is 12.6. The Bertz CT molecular complexity index is 692. The van der Waals surface area contributed by atoms with E-state index in [4.69, 9.17) is 4.74 Å². The van der Waals surface area contributed by atoms with E-state index in [1.807, 2.05) is 6.07 Å². The molecule has 0 spiro atoms. The zero-order chi connectivity index (χ0) is 18.4. The van der Waals surface area contributed by atoms with Crippen LogP contribution in [0.25, 0.3) is 0 Å². The third kappa shape index (κ3) is 5.66. The Kier molecular flexibility index (Phi) is 6.83. The monoisotopic (exact) mass is 372 g/mol. The van der Waals surface area contributed by atoms with Crippen LogP contribution in [0.1, 0.15) is 37.0 Å². The van der Waals surface area contributed by atoms with Gasteiger partial charge in [0.2, 0.25) is 5.91 Å². The van der Waals surface area contributed by atoms with Crippen LogP contribution in [0.3, 0.4) is 0 Å². The summed E-state index contributed by atoms with van der Waals surface area (Å²) in [6, 6.07) is 10.5. The molecule has 140 valence electrons. The molecule has 1 aliphatic heterocycles. The summed E-state index contributed by atoms with van der Waals surface area (Å²) in [4.78, 5) is 14.6. The van der Waals surface area contributed by atoms with Gasteiger partial charge in [0.05, 0.1) is 12.2 Å². The van der Waals surface area contributed by atoms with Gasteiger partial charge in [-0.3, -0.25) is 9.69 Å². The summed E-state index contributed by atoms with van der Waals surface area (Å²) < 4.78 is 5.82. The van der Waals surface area contributed by atoms with Crippen molar-refractivity contribution in [1.29, 1.82) is 0 Å². The number of thiophene rings is 1. The molecule has 2 atom stereocenters. The average Bonchev–Trinajstić information content (AvgIpc) is 3.12. The van der Waals surface area contributed by atoms with Gasteiger partial charge in [0.1, 0.15) is 0 Å². The first kappa shape index (κ1) is 19.1. The molecule has 1 aromatic heterocycles. The molecule has 5 heteroatoms. The van der Waals surface area contributed by atoms with Gasteiger partial charge in [-0.15, -0.1) is 0 Å². The van der Waals surface area contributed by atoms with E-state index in [0.29, 0.717) is 13.0 Å². The number of morpholine rings is 1. The summed E-state index contributed by atoms with van der Waals surface area (Å²) in [5.41, 5.74) is 3.72. The average molecular weight is 373 g/mol. The van der Waals surface area contributed by atoms with Crippen LogP contribution in [0.4, 0.5) is 0 Å². The van der Waals surface area contributed by atoms with Crippen molar-refractivity contribution < 1.29 is 9.53 Å². The molecule has 0 aliphatic carbocycles. The Labute approximate surface area is 160 Å². The highest BCUT2D eigenvalue weighted by Crippen LogP contribution is 2.17. The molecule has 2 aromatic rings. The summed E-state index contributed by atoms with van der Waals surface area (Å²) >= 11 is 1.67. The lowest BCUT2D eigenvalue weighted by atomic mass is 10.1. The van der Waals surface area contributed by atoms with Crippen molar-refractivity contribution in [3.63, 3.8) is 0 Å². The van der Waals surface area contributed by atoms with Crippen molar-refractivity contribution >= 4 is 17.2 Å². The van der Waals surface area contributed by atoms with Gasteiger partial charge >= 0.3 is 0 Å². The second-order valence-corrected chi connectivity index (χ2v) is 7.91. The van der Waals surface area contributed by atoms with Gasteiger partial charge in [-0.05, 0) is 53.8 Å². The number of benzene rings is 1. The van der Waals surface area contributed by atoms with E-state index in [-0.39, 0.29) is 18.1 Å². The minimum atomic E-state index is 0.111. The molecule has 4 nitrogen and oxygen atoms in total. The summed E-state index contributed by atoms with van der Waals surface area (Å²) in [7, 11) is 0. The van der Waals surface area contributed by atoms with E-state index in [1.165, 1.54) is 16.7 Å². The molecule has 1 aromatic carbocycles. The number of hydrogen-bond acceptors (Lipinski definition) is 4. The SMILES string of the molecule is C[C@@H]1CN(Cc2ccccc2CNC(=O)CCc2ccsc2)C[C@@H](C)O1. The maximum absolute atomic E-state index is 12.2. The molecule has 0 saturated carbocycles. The number of nitrogens with zero attached hydrogens (tertiary/aromatic N) is 1. The van der Waals surface area contributed by atoms with Gasteiger partial charge in [0.25, 0.3) is 0 Å². The number of ether oxygens (including phenoxy) is 1. The smallest absolute Gasteiger partial charge is 0.220 e. The van der Waals surface area contributed by atoms with Crippen LogP contribution >= 0.6 is 11.3 Å². The fourth-order valence-corrected chi connectivity index (χ4v) is 4.22. The number of amides is 1. The fourth-order valence-electron chi connectivity index (χ4n) is 3.51. The van der Waals surface area contributed by atoms with E-state index >= 15 is 0 Å². The molecule has 1 N–H and O–H groups in total. The van der Waals surface area contributed by atoms with Gasteiger partial charge in [-0.25, -0.2) is 0 Å². The number of hydrogen-bond donors (Lipinski definition) is 1. The quantitative estimate of drug-likeness (QED) is 0.807. The zero-order valence-corrected chi connectivity index (χ0v) is 16.4. The van der Waals surface area contributed by atoms with E-state index in [0.717, 1.165) is 26.1 Å². The summed E-state index contributed by atoms with van der Waals surface area (Å²) in [6.07, 6.45) is 1.88. The summed E-state index contributed by atoms with van der Waals surface area (Å²) in [6.45, 7) is 7.65. The van der Waals surface area contributed by atoms with Gasteiger partial charge in [0, 0.05) is 32.6 Å². The largest absolute Gasteiger partial charge is 0.373 e. The molecule has 0 bridgehead atoms. The third-order valence-electron chi connectivity index (χ3n) is 4.70. The molecular weight excluding hydrogens is 344 g/mol. The van der Waals surface area contributed by atoms with Crippen LogP contribution in [0.2, 0.25) is 0 Å². The Morgan fingerprint density at radius 2 is 1.92 bits per heavy atom. The Morgan fingerprint density at radius 1 is 1.19 bits per heavy atom. The molecule has 1 aliphatic rings. The first-order valence-corrected chi connectivity index (χ1v) is 10.3. The van der Waals surface area contributed by atoms with E-state index in [1.54, 1.807) is 11.3 Å². The van der Waals surface area contributed by atoms with Crippen LogP contribution in [0.15, 0.2) is 41.1 Å². The van der Waals surface area contributed by atoms with E-state index < -0.39 is 0 Å². The number of nitrogens with one attached hydrogen (secondary N) is 1. The predicted molar refractivity (Wildman–Crippen MR) is 106 cm³/mol. The topological polar surface area (TPSA) is 41.6 Å². The van der Waals surface area contributed by atoms with Crippen LogP contribution in [-0.2, 0) is 29.0 Å². The van der Waals surface area contributed by atoms with Crippen molar-refractivity contribution in [3.05, 3.63) is 57.8 Å². The molecular formula is C21H28N2O2S. The van der Waals surface area contributed by atoms with Gasteiger partial charge < -0.3 is 10.1 Å². The van der Waals surface area contributed by atoms with Gasteiger partial charge in [0.15, 0.2) is 0 Å². The molecule has 0 radical (unpaired) electrons. The van der Waals surface area contributed by atoms with Crippen molar-refractivity contribution in [3.8, 4) is 0 Å². The van der Waals surface area contributed by atoms with Gasteiger partial charge in [-0.1, -0.05) is 24.3 Å². The van der Waals surface area contributed by atoms with E-state index in [2.05, 4.69) is 59.1 Å². The lowest BCUT2D eigenvalue weighted by Crippen LogP contribution is -2.45. The molecule has 1 saturated heterocycles. The maximum Gasteiger partial charge on any atom is 0.220 e. The van der Waals surface area contributed by atoms with E-state index in [9.17, 15) is 4.79 Å². The maximum atomic E-state index is 12.2. The second kappa shape index (κ2) is 9.31. The fraction of sp³-hybridized carbons (Fsp3) is 0.476. The molecule has 2 heterocycles. The number of carbonyl (C=O) groups excluding carboxylic acids is 1. The normalized spacial score (nSPS) is 20.8. The highest BCUT2D eigenvalue weighted by Gasteiger charge is 2.22. The predicted octanol–water partition coefficient (Wildman–Crippen LogP) is 3.61. The highest BCUT2D eigenvalue weighted by atomic mass is 32.1. The number of rotatable bonds is 7. The highest BCUT2D eigenvalue weighted by molar-refractivity contribution is 7.07. The van der Waals surface area contributed by atoms with Crippen molar-refractivity contribution in [2.24, 2.45) is 0 Å². The van der Waals surface area contributed by atoms with Crippen LogP contribution < -0.4 is 5.32 Å². The molecule has 3 rings (SSSR count). The standard InChI is InChI=1S/C21H28N2O2S/c1-16-12-23(13-17(2)25-16)14-20-6-4-3-5-19(20)11-22-21(24)8-7-18-9-10-26-15-18/h3-6,9-10,15-17H,7-8,11-14H2,1-2H3,(H,22,24)/t16-,17-/m1/s1. The van der Waals surface area contributed by atoms with Crippen LogP contribution in [0.5, 0.6) is 0 Å². The van der Waals surface area contributed by atoms with Crippen molar-refractivity contribution in [2.45, 2.75) is 52.0 Å². The minimum absolute atomic E-state index is 0.111. The Hall–Kier alpha value is -1.69. The molecule has 26 heavy (non-hydrogen) atoms. The lowest BCUT2D eigenvalue weighted by Gasteiger charge is -2.35. The molecule has 1 amide bonds. The third-order valence-corrected chi connectivity index (χ3v) is 5.44. The molecule has 1 fully saturated rings. The minimum Gasteiger partial charge on any atom is -0.373 e. The van der Waals surface area contributed by atoms with Gasteiger partial charge in [-0.2, -0.15) is 11.3 Å². The van der Waals surface area contributed by atoms with Crippen molar-refractivity contribution in [2.75, 3.05) is 13.1 Å².